The van der Waals surface area contributed by atoms with Gasteiger partial charge in [0.25, 0.3) is 0 Å². The number of Topliss-reactive ketones (excluding diaryl/α,β-unsaturated/α-hetero) is 1. The van der Waals surface area contributed by atoms with Crippen molar-refractivity contribution in [3.63, 3.8) is 0 Å². The van der Waals surface area contributed by atoms with Gasteiger partial charge in [-0.1, -0.05) is 23.9 Å². The summed E-state index contributed by atoms with van der Waals surface area (Å²) >= 11 is 1.17. The van der Waals surface area contributed by atoms with Crippen molar-refractivity contribution in [3.8, 4) is 17.6 Å². The SMILES string of the molecule is COc1ccc(C(=O)CSC2=C(C#N)C(c3ccc(OC)cc3)CC(=O)N2)cc1. The quantitative estimate of drug-likeness (QED) is 0.704. The fourth-order valence-electron chi connectivity index (χ4n) is 3.05. The van der Waals surface area contributed by atoms with Gasteiger partial charge in [0.1, 0.15) is 11.5 Å². The number of carbonyl (C=O) groups is 2. The van der Waals surface area contributed by atoms with Crippen LogP contribution in [0.15, 0.2) is 59.1 Å². The Morgan fingerprint density at radius 2 is 1.69 bits per heavy atom. The van der Waals surface area contributed by atoms with Crippen molar-refractivity contribution in [2.45, 2.75) is 12.3 Å². The molecule has 0 saturated heterocycles. The molecule has 1 aliphatic rings. The van der Waals surface area contributed by atoms with E-state index >= 15 is 0 Å². The van der Waals surface area contributed by atoms with Gasteiger partial charge in [0.2, 0.25) is 5.91 Å². The Morgan fingerprint density at radius 1 is 1.10 bits per heavy atom. The van der Waals surface area contributed by atoms with E-state index in [2.05, 4.69) is 11.4 Å². The molecule has 3 rings (SSSR count). The lowest BCUT2D eigenvalue weighted by atomic mass is 9.87. The molecule has 7 heteroatoms. The number of ether oxygens (including phenoxy) is 2. The van der Waals surface area contributed by atoms with Crippen LogP contribution in [0.5, 0.6) is 11.5 Å². The zero-order valence-corrected chi connectivity index (χ0v) is 16.9. The van der Waals surface area contributed by atoms with Crippen molar-refractivity contribution in [2.75, 3.05) is 20.0 Å². The van der Waals surface area contributed by atoms with Gasteiger partial charge < -0.3 is 14.8 Å². The predicted molar refractivity (Wildman–Crippen MR) is 111 cm³/mol. The molecule has 1 atom stereocenters. The molecule has 2 aromatic carbocycles. The summed E-state index contributed by atoms with van der Waals surface area (Å²) in [7, 11) is 3.14. The lowest BCUT2D eigenvalue weighted by Gasteiger charge is -2.25. The van der Waals surface area contributed by atoms with E-state index in [0.717, 1.165) is 5.56 Å². The van der Waals surface area contributed by atoms with Crippen molar-refractivity contribution in [2.24, 2.45) is 0 Å². The summed E-state index contributed by atoms with van der Waals surface area (Å²) in [6.07, 6.45) is 0.186. The second-order valence-corrected chi connectivity index (χ2v) is 7.36. The number of ketones is 1. The van der Waals surface area contributed by atoms with Gasteiger partial charge in [0.05, 0.1) is 36.6 Å². The molecular weight excluding hydrogens is 388 g/mol. The molecule has 0 radical (unpaired) electrons. The number of amides is 1. The van der Waals surface area contributed by atoms with Crippen LogP contribution in [0.3, 0.4) is 0 Å². The topological polar surface area (TPSA) is 88.4 Å². The third kappa shape index (κ3) is 4.79. The van der Waals surface area contributed by atoms with E-state index in [9.17, 15) is 14.9 Å². The summed E-state index contributed by atoms with van der Waals surface area (Å²) < 4.78 is 10.3. The maximum absolute atomic E-state index is 12.5. The fourth-order valence-corrected chi connectivity index (χ4v) is 4.02. The predicted octanol–water partition coefficient (Wildman–Crippen LogP) is 3.66. The van der Waals surface area contributed by atoms with Gasteiger partial charge in [-0.15, -0.1) is 0 Å². The maximum atomic E-state index is 12.5. The second kappa shape index (κ2) is 9.30. The first-order valence-corrected chi connectivity index (χ1v) is 9.92. The van der Waals surface area contributed by atoms with Gasteiger partial charge in [-0.2, -0.15) is 5.26 Å². The van der Waals surface area contributed by atoms with E-state index in [1.165, 1.54) is 11.8 Å². The average Bonchev–Trinajstić information content (AvgIpc) is 2.77. The van der Waals surface area contributed by atoms with Crippen molar-refractivity contribution in [1.82, 2.24) is 5.32 Å². The molecule has 0 bridgehead atoms. The van der Waals surface area contributed by atoms with E-state index in [4.69, 9.17) is 9.47 Å². The van der Waals surface area contributed by atoms with E-state index < -0.39 is 0 Å². The van der Waals surface area contributed by atoms with E-state index in [1.54, 1.807) is 50.6 Å². The summed E-state index contributed by atoms with van der Waals surface area (Å²) in [6, 6.07) is 16.4. The number of methoxy groups -OCH3 is 2. The number of thioether (sulfide) groups is 1. The van der Waals surface area contributed by atoms with Crippen LogP contribution in [0.1, 0.15) is 28.3 Å². The summed E-state index contributed by atoms with van der Waals surface area (Å²) in [5, 5.41) is 12.9. The number of benzene rings is 2. The molecule has 0 spiro atoms. The molecule has 1 aliphatic heterocycles. The lowest BCUT2D eigenvalue weighted by Crippen LogP contribution is -2.31. The lowest BCUT2D eigenvalue weighted by molar-refractivity contribution is -0.120. The molecule has 0 saturated carbocycles. The molecule has 1 amide bonds. The van der Waals surface area contributed by atoms with Gasteiger partial charge >= 0.3 is 0 Å². The van der Waals surface area contributed by atoms with Crippen LogP contribution in [0.25, 0.3) is 0 Å². The number of nitriles is 1. The van der Waals surface area contributed by atoms with Crippen LogP contribution in [0.2, 0.25) is 0 Å². The fraction of sp³-hybridized carbons (Fsp3) is 0.227. The summed E-state index contributed by atoms with van der Waals surface area (Å²) in [4.78, 5) is 24.7. The highest BCUT2D eigenvalue weighted by molar-refractivity contribution is 8.03. The Hall–Kier alpha value is -3.24. The highest BCUT2D eigenvalue weighted by atomic mass is 32.2. The number of carbonyl (C=O) groups excluding carboxylic acids is 2. The Labute approximate surface area is 173 Å². The molecule has 1 N–H and O–H groups in total. The highest BCUT2D eigenvalue weighted by Gasteiger charge is 2.30. The second-order valence-electron chi connectivity index (χ2n) is 6.37. The molecule has 0 aliphatic carbocycles. The van der Waals surface area contributed by atoms with Gasteiger partial charge in [-0.25, -0.2) is 0 Å². The third-order valence-corrected chi connectivity index (χ3v) is 5.65. The summed E-state index contributed by atoms with van der Waals surface area (Å²) in [5.74, 6) is 0.870. The number of nitrogens with one attached hydrogen (secondary N) is 1. The molecule has 1 heterocycles. The molecule has 2 aromatic rings. The molecule has 29 heavy (non-hydrogen) atoms. The van der Waals surface area contributed by atoms with Crippen LogP contribution in [-0.4, -0.2) is 31.7 Å². The van der Waals surface area contributed by atoms with Gasteiger partial charge in [0, 0.05) is 17.9 Å². The zero-order valence-electron chi connectivity index (χ0n) is 16.1. The molecule has 148 valence electrons. The monoisotopic (exact) mass is 408 g/mol. The van der Waals surface area contributed by atoms with Gasteiger partial charge in [-0.05, 0) is 42.0 Å². The third-order valence-electron chi connectivity index (χ3n) is 4.63. The zero-order chi connectivity index (χ0) is 20.8. The Kier molecular flexibility index (Phi) is 6.57. The van der Waals surface area contributed by atoms with Crippen LogP contribution in [0.4, 0.5) is 0 Å². The highest BCUT2D eigenvalue weighted by Crippen LogP contribution is 2.36. The van der Waals surface area contributed by atoms with Crippen molar-refractivity contribution in [1.29, 1.82) is 5.26 Å². The number of nitrogens with zero attached hydrogens (tertiary/aromatic N) is 1. The van der Waals surface area contributed by atoms with E-state index in [1.807, 2.05) is 12.1 Å². The maximum Gasteiger partial charge on any atom is 0.225 e. The van der Waals surface area contributed by atoms with Crippen molar-refractivity contribution >= 4 is 23.5 Å². The number of hydrogen-bond donors (Lipinski definition) is 1. The standard InChI is InChI=1S/C22H20N2O4S/c1-27-16-7-3-14(4-8-16)18-11-21(26)24-22(19(18)12-23)29-13-20(25)15-5-9-17(28-2)10-6-15/h3-10,18H,11,13H2,1-2H3,(H,24,26). The summed E-state index contributed by atoms with van der Waals surface area (Å²) in [6.45, 7) is 0. The number of allylic oxidation sites excluding steroid dienone is 1. The number of rotatable bonds is 7. The minimum absolute atomic E-state index is 0.0942. The molecular formula is C22H20N2O4S. The van der Waals surface area contributed by atoms with Crippen LogP contribution in [-0.2, 0) is 4.79 Å². The van der Waals surface area contributed by atoms with Crippen LogP contribution in [0, 0.1) is 11.3 Å². The molecule has 6 nitrogen and oxygen atoms in total. The van der Waals surface area contributed by atoms with Crippen molar-refractivity contribution < 1.29 is 19.1 Å². The van der Waals surface area contributed by atoms with Crippen LogP contribution >= 0.6 is 11.8 Å². The summed E-state index contributed by atoms with van der Waals surface area (Å²) in [5.41, 5.74) is 1.87. The first-order chi connectivity index (χ1) is 14.0. The first kappa shape index (κ1) is 20.5. The van der Waals surface area contributed by atoms with E-state index in [-0.39, 0.29) is 29.8 Å². The molecule has 0 aromatic heterocycles. The minimum Gasteiger partial charge on any atom is -0.497 e. The number of hydrogen-bond acceptors (Lipinski definition) is 6. The smallest absolute Gasteiger partial charge is 0.225 e. The largest absolute Gasteiger partial charge is 0.497 e. The van der Waals surface area contributed by atoms with Crippen LogP contribution < -0.4 is 14.8 Å². The Bertz CT molecular complexity index is 975. The van der Waals surface area contributed by atoms with E-state index in [0.29, 0.717) is 27.7 Å². The minimum atomic E-state index is -0.349. The first-order valence-electron chi connectivity index (χ1n) is 8.93. The Balaban J connectivity index is 1.79. The average molecular weight is 408 g/mol. The normalized spacial score (nSPS) is 16.0. The van der Waals surface area contributed by atoms with Gasteiger partial charge in [0.15, 0.2) is 5.78 Å². The molecule has 1 unspecified atom stereocenters. The molecule has 0 fully saturated rings. The Morgan fingerprint density at radius 3 is 2.24 bits per heavy atom. The van der Waals surface area contributed by atoms with Crippen molar-refractivity contribution in [3.05, 3.63) is 70.3 Å². The van der Waals surface area contributed by atoms with Gasteiger partial charge in [-0.3, -0.25) is 9.59 Å².